The molecule has 0 aliphatic heterocycles. The molecule has 0 aliphatic rings. The van der Waals surface area contributed by atoms with Crippen molar-refractivity contribution in [3.05, 3.63) is 82.8 Å². The number of hydrogen-bond donors (Lipinski definition) is 0. The van der Waals surface area contributed by atoms with Gasteiger partial charge in [-0.1, -0.05) is 71.7 Å². The lowest BCUT2D eigenvalue weighted by molar-refractivity contribution is 0.864. The van der Waals surface area contributed by atoms with Crippen LogP contribution in [0.25, 0.3) is 44.8 Å². The largest absolute Gasteiger partial charge is 0.204 e. The van der Waals surface area contributed by atoms with E-state index >= 15 is 0 Å². The summed E-state index contributed by atoms with van der Waals surface area (Å²) in [4.78, 5) is 0. The Balaban J connectivity index is 1.86. The van der Waals surface area contributed by atoms with Crippen LogP contribution in [-0.4, -0.2) is 29.4 Å². The highest BCUT2D eigenvalue weighted by Gasteiger charge is 2.22. The van der Waals surface area contributed by atoms with Crippen LogP contribution in [0.2, 0.25) is 10.0 Å². The molecule has 0 bridgehead atoms. The molecule has 0 fully saturated rings. The average molecular weight is 431 g/mol. The molecule has 0 unspecified atom stereocenters. The van der Waals surface area contributed by atoms with Gasteiger partial charge in [0.15, 0.2) is 22.9 Å². The molecule has 0 N–H and O–H groups in total. The predicted octanol–water partition coefficient (Wildman–Crippen LogP) is 5.57. The maximum absolute atomic E-state index is 6.50. The third kappa shape index (κ3) is 2.38. The molecule has 0 aliphatic carbocycles. The molecule has 3 aromatic heterocycles. The quantitative estimate of drug-likeness (QED) is 0.360. The Morgan fingerprint density at radius 3 is 1.33 bits per heavy atom. The van der Waals surface area contributed by atoms with Crippen molar-refractivity contribution in [2.45, 2.75) is 0 Å². The van der Waals surface area contributed by atoms with E-state index in [0.717, 1.165) is 21.9 Å². The molecule has 6 rings (SSSR count). The van der Waals surface area contributed by atoms with Crippen molar-refractivity contribution in [3.63, 3.8) is 0 Å². The van der Waals surface area contributed by atoms with Gasteiger partial charge in [-0.15, -0.1) is 20.4 Å². The van der Waals surface area contributed by atoms with E-state index in [1.807, 2.05) is 81.8 Å². The lowest BCUT2D eigenvalue weighted by Gasteiger charge is -2.10. The van der Waals surface area contributed by atoms with E-state index in [4.69, 9.17) is 23.2 Å². The molecule has 3 heterocycles. The van der Waals surface area contributed by atoms with Crippen molar-refractivity contribution in [1.82, 2.24) is 29.4 Å². The smallest absolute Gasteiger partial charge is 0.185 e. The molecular formula is C22H12Cl2N6. The Morgan fingerprint density at radius 2 is 0.900 bits per heavy atom. The molecule has 0 spiro atoms. The first kappa shape index (κ1) is 17.4. The van der Waals surface area contributed by atoms with Crippen LogP contribution < -0.4 is 0 Å². The van der Waals surface area contributed by atoms with Gasteiger partial charge >= 0.3 is 0 Å². The Morgan fingerprint density at radius 1 is 0.500 bits per heavy atom. The van der Waals surface area contributed by atoms with Crippen LogP contribution in [0.4, 0.5) is 0 Å². The van der Waals surface area contributed by atoms with Gasteiger partial charge < -0.3 is 0 Å². The van der Waals surface area contributed by atoms with E-state index in [1.54, 1.807) is 0 Å². The fourth-order valence-corrected chi connectivity index (χ4v) is 4.21. The van der Waals surface area contributed by atoms with Crippen LogP contribution in [0, 0.1) is 0 Å². The van der Waals surface area contributed by atoms with Gasteiger partial charge in [-0.3, -0.25) is 0 Å². The van der Waals surface area contributed by atoms with Gasteiger partial charge in [-0.25, -0.2) is 9.03 Å². The Labute approximate surface area is 180 Å². The molecule has 6 nitrogen and oxygen atoms in total. The summed E-state index contributed by atoms with van der Waals surface area (Å²) >= 11 is 13.0. The van der Waals surface area contributed by atoms with E-state index in [9.17, 15) is 0 Å². The zero-order valence-electron chi connectivity index (χ0n) is 15.4. The number of halogens is 2. The zero-order valence-corrected chi connectivity index (χ0v) is 16.9. The molecule has 6 aromatic rings. The van der Waals surface area contributed by atoms with Gasteiger partial charge in [-0.2, -0.15) is 0 Å². The minimum atomic E-state index is 0.584. The summed E-state index contributed by atoms with van der Waals surface area (Å²) in [5.74, 6) is 1.19. The summed E-state index contributed by atoms with van der Waals surface area (Å²) in [5, 5.41) is 21.0. The SMILES string of the molecule is Clc1ccccc1-c1nnc2c3ccccc3c3nnc(-c4ccccc4Cl)n3n12. The predicted molar refractivity (Wildman–Crippen MR) is 118 cm³/mol. The molecule has 144 valence electrons. The van der Waals surface area contributed by atoms with E-state index in [-0.39, 0.29) is 0 Å². The molecule has 0 radical (unpaired) electrons. The van der Waals surface area contributed by atoms with Crippen LogP contribution in [0.1, 0.15) is 0 Å². The van der Waals surface area contributed by atoms with Crippen molar-refractivity contribution in [3.8, 4) is 22.8 Å². The fourth-order valence-electron chi connectivity index (χ4n) is 3.77. The van der Waals surface area contributed by atoms with Crippen LogP contribution in [0.5, 0.6) is 0 Å². The second kappa shape index (κ2) is 6.52. The highest BCUT2D eigenvalue weighted by Crippen LogP contribution is 2.33. The fraction of sp³-hybridized carbons (Fsp3) is 0. The summed E-state index contributed by atoms with van der Waals surface area (Å²) in [6.45, 7) is 0. The summed E-state index contributed by atoms with van der Waals surface area (Å²) in [5.41, 5.74) is 2.89. The van der Waals surface area contributed by atoms with Gasteiger partial charge in [0, 0.05) is 21.9 Å². The third-order valence-corrected chi connectivity index (χ3v) is 5.78. The molecule has 3 aromatic carbocycles. The molecule has 8 heteroatoms. The van der Waals surface area contributed by atoms with E-state index < -0.39 is 0 Å². The first-order valence-corrected chi connectivity index (χ1v) is 10.0. The Hall–Kier alpha value is -3.48. The minimum Gasteiger partial charge on any atom is -0.204 e. The van der Waals surface area contributed by atoms with E-state index in [2.05, 4.69) is 20.4 Å². The molecular weight excluding hydrogens is 419 g/mol. The highest BCUT2D eigenvalue weighted by atomic mass is 35.5. The number of hydrogen-bond acceptors (Lipinski definition) is 4. The van der Waals surface area contributed by atoms with Crippen molar-refractivity contribution in [2.24, 2.45) is 0 Å². The van der Waals surface area contributed by atoms with Crippen molar-refractivity contribution < 1.29 is 0 Å². The van der Waals surface area contributed by atoms with Gasteiger partial charge in [0.2, 0.25) is 0 Å². The van der Waals surface area contributed by atoms with Gasteiger partial charge in [0.05, 0.1) is 10.0 Å². The van der Waals surface area contributed by atoms with Crippen LogP contribution in [0.3, 0.4) is 0 Å². The van der Waals surface area contributed by atoms with Crippen LogP contribution >= 0.6 is 23.2 Å². The van der Waals surface area contributed by atoms with Crippen molar-refractivity contribution >= 4 is 45.3 Å². The lowest BCUT2D eigenvalue weighted by atomic mass is 10.1. The number of fused-ring (bicyclic) bond motifs is 6. The van der Waals surface area contributed by atoms with Crippen LogP contribution in [0.15, 0.2) is 72.8 Å². The standard InChI is InChI=1S/C22H12Cl2N6/c23-17-11-5-3-9-15(17)21-27-25-19-13-7-1-2-8-14(13)20-26-28-22(30(20)29(19)21)16-10-4-6-12-18(16)24/h1-12H. The first-order chi connectivity index (χ1) is 14.7. The average Bonchev–Trinajstić information content (AvgIpc) is 3.39. The number of aromatic nitrogens is 6. The number of rotatable bonds is 2. The molecule has 0 amide bonds. The van der Waals surface area contributed by atoms with Crippen LogP contribution in [-0.2, 0) is 0 Å². The van der Waals surface area contributed by atoms with E-state index in [1.165, 1.54) is 0 Å². The molecule has 0 atom stereocenters. The minimum absolute atomic E-state index is 0.584. The first-order valence-electron chi connectivity index (χ1n) is 9.25. The van der Waals surface area contributed by atoms with Gasteiger partial charge in [0.1, 0.15) is 0 Å². The number of nitrogens with zero attached hydrogens (tertiary/aromatic N) is 6. The van der Waals surface area contributed by atoms with Crippen molar-refractivity contribution in [1.29, 1.82) is 0 Å². The topological polar surface area (TPSA) is 60.4 Å². The summed E-state index contributed by atoms with van der Waals surface area (Å²) in [6, 6.07) is 23.0. The van der Waals surface area contributed by atoms with Gasteiger partial charge in [-0.05, 0) is 24.3 Å². The third-order valence-electron chi connectivity index (χ3n) is 5.12. The Bertz CT molecular complexity index is 1470. The second-order valence-electron chi connectivity index (χ2n) is 6.82. The monoisotopic (exact) mass is 430 g/mol. The second-order valence-corrected chi connectivity index (χ2v) is 7.64. The van der Waals surface area contributed by atoms with Gasteiger partial charge in [0.25, 0.3) is 0 Å². The van der Waals surface area contributed by atoms with E-state index in [0.29, 0.717) is 33.0 Å². The maximum atomic E-state index is 6.50. The highest BCUT2D eigenvalue weighted by molar-refractivity contribution is 6.33. The summed E-state index contributed by atoms with van der Waals surface area (Å²) < 4.78 is 3.80. The maximum Gasteiger partial charge on any atom is 0.185 e. The molecule has 30 heavy (non-hydrogen) atoms. The normalized spacial score (nSPS) is 11.7. The molecule has 0 saturated heterocycles. The number of benzene rings is 3. The zero-order chi connectivity index (χ0) is 20.2. The molecule has 0 saturated carbocycles. The van der Waals surface area contributed by atoms with Crippen molar-refractivity contribution in [2.75, 3.05) is 0 Å². The lowest BCUT2D eigenvalue weighted by Crippen LogP contribution is -2.05. The summed E-state index contributed by atoms with van der Waals surface area (Å²) in [7, 11) is 0. The summed E-state index contributed by atoms with van der Waals surface area (Å²) in [6.07, 6.45) is 0. The Kier molecular flexibility index (Phi) is 3.78.